The number of unbranched alkanes of at least 4 members (excludes halogenated alkanes) is 1. The van der Waals surface area contributed by atoms with Crippen LogP contribution < -0.4 is 80.6 Å². The Kier molecular flexibility index (Phi) is 37.5. The zero-order chi connectivity index (χ0) is 81.9. The van der Waals surface area contributed by atoms with Gasteiger partial charge in [0.05, 0.1) is 30.6 Å². The van der Waals surface area contributed by atoms with Gasteiger partial charge in [-0.05, 0) is 203 Å². The maximum absolute atomic E-state index is 15.0. The van der Waals surface area contributed by atoms with Crippen LogP contribution >= 0.6 is 23.5 Å². The lowest BCUT2D eigenvalue weighted by atomic mass is 9.82. The van der Waals surface area contributed by atoms with Crippen LogP contribution in [-0.2, 0) is 73.8 Å². The highest BCUT2D eigenvalue weighted by atomic mass is 32.2. The molecule has 5 aliphatic rings. The number of primary amides is 1. The molecule has 12 amide bonds. The quantitative estimate of drug-likeness (QED) is 0.0800. The Balaban J connectivity index is 1.36. The first-order valence-corrected chi connectivity index (χ1v) is 41.8. The Morgan fingerprint density at radius 1 is 0.586 bits per heavy atom. The largest absolute Gasteiger partial charge is 0.481 e. The minimum atomic E-state index is -1.98. The number of aliphatic hydroxyl groups is 4. The van der Waals surface area contributed by atoms with E-state index in [-0.39, 0.29) is 87.1 Å². The van der Waals surface area contributed by atoms with E-state index in [2.05, 4.69) is 69.1 Å². The number of carboxylic acid groups (broad SMARTS) is 1. The van der Waals surface area contributed by atoms with E-state index in [0.717, 1.165) is 30.5 Å². The van der Waals surface area contributed by atoms with Gasteiger partial charge < -0.3 is 106 Å². The highest BCUT2D eigenvalue weighted by molar-refractivity contribution is 7.98. The van der Waals surface area contributed by atoms with Gasteiger partial charge in [-0.2, -0.15) is 23.5 Å². The monoisotopic (exact) mass is 1600 g/mol. The maximum atomic E-state index is 15.0. The normalized spacial score (nSPS) is 31.3. The van der Waals surface area contributed by atoms with Crippen molar-refractivity contribution in [2.24, 2.45) is 40.6 Å². The average molecular weight is 1600 g/mol. The van der Waals surface area contributed by atoms with Gasteiger partial charge in [0.1, 0.15) is 66.0 Å². The fourth-order valence-corrected chi connectivity index (χ4v) is 16.8. The standard InChI is InChI=1S/C76H125N15O18S2/c1-9-14-51-66(101)89-61(42(3)93)72(107)86-57(63(78)99)40-111-39-46-16-12-15-45(33-46)38-110-32-29-58(96)88-62(75(4,5)6)73(108)85-55(35-44-21-25-49(95)26-22-44)69(104)82-52(18-10-11-30-77)67(102)90-60(41(2)92)71(106)84-56(36-47-37-80-64-50(47)17-13-31-79-64)70(105)91-76(7,8)74(109)87-53(27-28-59(97)98)65(100)83-54(68(103)81-51)34-43-19-23-48(94)24-20-43/h12,15-16,33,41-44,47-57,60-62,64,79-80,92-95H,9-11,13-14,17-32,34-40,77H2,1-8H3,(H2,78,99)(H,81,103)(H,82,104)(H,83,100)(H,84,106)(H,85,108)(H,86,107)(H,87,109)(H,88,96)(H,89,101)(H,90,102)(H,91,105)(H,97,98)/t41-,42-,43?,44?,47?,48?,49?,50?,51+,52+,53+,54+,55+,56+,57+,60+,61+,62-,64?/m1/s1. The van der Waals surface area contributed by atoms with Gasteiger partial charge in [-0.3, -0.25) is 62.3 Å². The lowest BCUT2D eigenvalue weighted by Crippen LogP contribution is -2.64. The van der Waals surface area contributed by atoms with Gasteiger partial charge in [-0.15, -0.1) is 0 Å². The first-order valence-electron chi connectivity index (χ1n) is 39.5. The molecule has 0 spiro atoms. The second-order valence-corrected chi connectivity index (χ2v) is 34.5. The minimum Gasteiger partial charge on any atom is -0.481 e. The van der Waals surface area contributed by atoms with Crippen LogP contribution in [0.15, 0.2) is 24.3 Å². The molecule has 0 radical (unpaired) electrons. The summed E-state index contributed by atoms with van der Waals surface area (Å²) >= 11 is 2.73. The number of fused-ring (bicyclic) bond motifs is 3. The van der Waals surface area contributed by atoms with Crippen molar-refractivity contribution in [1.82, 2.24) is 69.1 Å². The molecule has 1 aromatic rings. The third-order valence-corrected chi connectivity index (χ3v) is 23.6. The van der Waals surface area contributed by atoms with Crippen LogP contribution in [0.4, 0.5) is 0 Å². The third kappa shape index (κ3) is 30.2. The van der Waals surface area contributed by atoms with Crippen LogP contribution in [0.1, 0.15) is 201 Å². The average Bonchev–Trinajstić information content (AvgIpc) is 1.70. The van der Waals surface area contributed by atoms with Crippen molar-refractivity contribution in [1.29, 1.82) is 0 Å². The zero-order valence-electron chi connectivity index (χ0n) is 65.6. The molecule has 4 fully saturated rings. The number of rotatable bonds is 18. The van der Waals surface area contributed by atoms with Crippen LogP contribution in [0.25, 0.3) is 0 Å². The molecule has 3 aliphatic heterocycles. The predicted octanol–water partition coefficient (Wildman–Crippen LogP) is -0.796. The molecule has 2 saturated carbocycles. The van der Waals surface area contributed by atoms with E-state index in [1.165, 1.54) is 51.2 Å². The second kappa shape index (κ2) is 45.0. The molecule has 0 aromatic heterocycles. The van der Waals surface area contributed by atoms with Gasteiger partial charge in [0.2, 0.25) is 70.9 Å². The molecule has 624 valence electrons. The number of aliphatic hydroxyl groups excluding tert-OH is 4. The highest BCUT2D eigenvalue weighted by Gasteiger charge is 2.45. The number of aliphatic carboxylic acids is 1. The first-order chi connectivity index (χ1) is 52.5. The molecule has 3 heterocycles. The topological polar surface area (TPSA) is 531 Å². The number of benzene rings is 1. The van der Waals surface area contributed by atoms with E-state index in [9.17, 15) is 83.1 Å². The second-order valence-electron chi connectivity index (χ2n) is 32.3. The van der Waals surface area contributed by atoms with Crippen LogP contribution in [0.2, 0.25) is 0 Å². The van der Waals surface area contributed by atoms with Gasteiger partial charge in [0.15, 0.2) is 0 Å². The molecule has 2 saturated heterocycles. The van der Waals surface area contributed by atoms with Gasteiger partial charge in [0, 0.05) is 35.9 Å². The fraction of sp³-hybridized carbons (Fsp3) is 0.750. The summed E-state index contributed by atoms with van der Waals surface area (Å²) in [5.74, 6) is -11.4. The lowest BCUT2D eigenvalue weighted by Gasteiger charge is -2.34. The molecular formula is C76H125N15O18S2. The number of nitrogens with one attached hydrogen (secondary N) is 13. The van der Waals surface area contributed by atoms with Gasteiger partial charge in [-0.1, -0.05) is 58.4 Å². The van der Waals surface area contributed by atoms with Crippen molar-refractivity contribution in [3.05, 3.63) is 35.4 Å². The van der Waals surface area contributed by atoms with Crippen LogP contribution in [0, 0.1) is 29.1 Å². The number of thioether (sulfide) groups is 2. The van der Waals surface area contributed by atoms with Crippen molar-refractivity contribution in [2.45, 2.75) is 298 Å². The van der Waals surface area contributed by atoms with Gasteiger partial charge in [-0.25, -0.2) is 0 Å². The number of piperidine rings is 1. The van der Waals surface area contributed by atoms with E-state index in [0.29, 0.717) is 88.0 Å². The van der Waals surface area contributed by atoms with E-state index >= 15 is 4.79 Å². The molecule has 22 N–H and O–H groups in total. The number of nitrogens with two attached hydrogens (primary N) is 2. The molecule has 6 rings (SSSR count). The number of hydrogen-bond acceptors (Lipinski definition) is 22. The van der Waals surface area contributed by atoms with Gasteiger partial charge in [0.25, 0.3) is 0 Å². The van der Waals surface area contributed by atoms with Crippen molar-refractivity contribution < 1.29 is 87.9 Å². The van der Waals surface area contributed by atoms with Crippen LogP contribution in [0.3, 0.4) is 0 Å². The summed E-state index contributed by atoms with van der Waals surface area (Å²) in [5.41, 5.74) is 10.6. The Morgan fingerprint density at radius 2 is 1.08 bits per heavy atom. The molecule has 1 aromatic carbocycles. The van der Waals surface area contributed by atoms with Crippen LogP contribution in [-0.4, -0.2) is 230 Å². The van der Waals surface area contributed by atoms with Gasteiger partial charge >= 0.3 is 5.97 Å². The molecule has 35 heteroatoms. The highest BCUT2D eigenvalue weighted by Crippen LogP contribution is 2.34. The predicted molar refractivity (Wildman–Crippen MR) is 417 cm³/mol. The lowest BCUT2D eigenvalue weighted by molar-refractivity contribution is -0.140. The molecule has 2 bridgehead atoms. The van der Waals surface area contributed by atoms with E-state index < -0.39 is 185 Å². The summed E-state index contributed by atoms with van der Waals surface area (Å²) in [4.78, 5) is 186. The molecule has 33 nitrogen and oxygen atoms in total. The van der Waals surface area contributed by atoms with E-state index in [1.54, 1.807) is 27.7 Å². The molecule has 3 unspecified atom stereocenters. The third-order valence-electron chi connectivity index (χ3n) is 21.5. The Labute approximate surface area is 659 Å². The summed E-state index contributed by atoms with van der Waals surface area (Å²) in [6.45, 7) is 13.4. The summed E-state index contributed by atoms with van der Waals surface area (Å²) in [6, 6.07) is -7.10. The maximum Gasteiger partial charge on any atom is 0.303 e. The summed E-state index contributed by atoms with van der Waals surface area (Å²) < 4.78 is 0. The van der Waals surface area contributed by atoms with Crippen molar-refractivity contribution in [2.75, 3.05) is 31.1 Å². The number of carbonyl (C=O) groups excluding carboxylic acids is 12. The molecule has 2 aliphatic carbocycles. The Bertz CT molecular complexity index is 3310. The minimum absolute atomic E-state index is 0.00485. The number of carbonyl (C=O) groups is 13. The number of carboxylic acids is 1. The molecular weight excluding hydrogens is 1480 g/mol. The van der Waals surface area contributed by atoms with Crippen molar-refractivity contribution >= 4 is 100 Å². The summed E-state index contributed by atoms with van der Waals surface area (Å²) in [5, 5.41) is 89.7. The Hall–Kier alpha value is -7.25. The summed E-state index contributed by atoms with van der Waals surface area (Å²) in [7, 11) is 0. The smallest absolute Gasteiger partial charge is 0.303 e. The SMILES string of the molecule is CCC[C@@H]1NC(=O)[C@H](CC2CCC(O)CC2)NC(=O)[C@H](CCC(=O)O)NC(=O)C(C)(C)NC(=O)[C@H](CC2CNC3NCCCC23)NC(=O)[C@H]([C@@H](C)O)NC(=O)[C@H](CCCCN)NC(=O)[C@H](CC2CCC(O)CC2)NC(=O)[C@H](C(C)(C)C)NC(=O)CCSCc2cccc(c2)CSC[C@@H](C(N)=O)NC(=O)[C@H]([C@@H](C)O)NC1=O. The zero-order valence-corrected chi connectivity index (χ0v) is 67.2. The van der Waals surface area contributed by atoms with Crippen LogP contribution in [0.5, 0.6) is 0 Å². The molecule has 111 heavy (non-hydrogen) atoms. The van der Waals surface area contributed by atoms with E-state index in [4.69, 9.17) is 11.5 Å². The molecule has 15 atom stereocenters. The Morgan fingerprint density at radius 3 is 1.61 bits per heavy atom. The number of hydrogen-bond donors (Lipinski definition) is 20. The first kappa shape index (κ1) is 92.6. The fourth-order valence-electron chi connectivity index (χ4n) is 14.9. The summed E-state index contributed by atoms with van der Waals surface area (Å²) in [6.07, 6.45) is 0.298. The van der Waals surface area contributed by atoms with Crippen molar-refractivity contribution in [3.63, 3.8) is 0 Å². The van der Waals surface area contributed by atoms with E-state index in [1.807, 2.05) is 24.3 Å². The van der Waals surface area contributed by atoms with Crippen molar-refractivity contribution in [3.8, 4) is 0 Å². The number of amides is 12.